The van der Waals surface area contributed by atoms with Gasteiger partial charge in [-0.05, 0) is 46.8 Å². The van der Waals surface area contributed by atoms with Crippen molar-refractivity contribution in [2.75, 3.05) is 5.32 Å². The van der Waals surface area contributed by atoms with E-state index in [1.165, 1.54) is 36.0 Å². The highest BCUT2D eigenvalue weighted by Crippen LogP contribution is 2.25. The molecule has 10 heteroatoms. The quantitative estimate of drug-likeness (QED) is 0.265. The Bertz CT molecular complexity index is 1230. The van der Waals surface area contributed by atoms with Gasteiger partial charge < -0.3 is 5.32 Å². The number of carbonyl (C=O) groups excluding carboxylic acids is 1. The molecule has 0 aliphatic heterocycles. The molecule has 0 aliphatic carbocycles. The standard InChI is InChI=1S/C21H16N6O3S/c28-21(15-6-4-10-18(12-15)27(29)30)22-16-7-5-11-19(13-16)31-14-20-23-24-25-26(20)17-8-2-1-3-9-17/h1-13H,14H2,(H,22,28). The second kappa shape index (κ2) is 9.18. The van der Waals surface area contributed by atoms with Crippen molar-refractivity contribution >= 4 is 29.0 Å². The van der Waals surface area contributed by atoms with Crippen molar-refractivity contribution in [1.82, 2.24) is 20.2 Å². The number of amides is 1. The lowest BCUT2D eigenvalue weighted by Crippen LogP contribution is -2.12. The van der Waals surface area contributed by atoms with E-state index in [-0.39, 0.29) is 11.3 Å². The van der Waals surface area contributed by atoms with Crippen LogP contribution in [0.2, 0.25) is 0 Å². The van der Waals surface area contributed by atoms with Crippen LogP contribution >= 0.6 is 11.8 Å². The molecular weight excluding hydrogens is 416 g/mol. The number of nitrogens with one attached hydrogen (secondary N) is 1. The predicted molar refractivity (Wildman–Crippen MR) is 116 cm³/mol. The zero-order valence-corrected chi connectivity index (χ0v) is 16.9. The van der Waals surface area contributed by atoms with Gasteiger partial charge in [0.1, 0.15) is 0 Å². The molecule has 0 saturated heterocycles. The Morgan fingerprint density at radius 1 is 1.03 bits per heavy atom. The second-order valence-corrected chi connectivity index (χ2v) is 7.47. The van der Waals surface area contributed by atoms with Gasteiger partial charge >= 0.3 is 0 Å². The van der Waals surface area contributed by atoms with Crippen molar-refractivity contribution in [2.24, 2.45) is 0 Å². The number of nitrogens with zero attached hydrogens (tertiary/aromatic N) is 5. The SMILES string of the molecule is O=C(Nc1cccc(SCc2nnnn2-c2ccccc2)c1)c1cccc([N+](=O)[O-])c1. The monoisotopic (exact) mass is 432 g/mol. The lowest BCUT2D eigenvalue weighted by molar-refractivity contribution is -0.384. The summed E-state index contributed by atoms with van der Waals surface area (Å²) in [6.45, 7) is 0. The Morgan fingerprint density at radius 2 is 1.84 bits per heavy atom. The molecule has 0 unspecified atom stereocenters. The summed E-state index contributed by atoms with van der Waals surface area (Å²) in [6.07, 6.45) is 0. The van der Waals surface area contributed by atoms with Crippen molar-refractivity contribution < 1.29 is 9.72 Å². The van der Waals surface area contributed by atoms with Crippen LogP contribution in [0.15, 0.2) is 83.8 Å². The van der Waals surface area contributed by atoms with Gasteiger partial charge in [0.2, 0.25) is 0 Å². The molecule has 1 heterocycles. The van der Waals surface area contributed by atoms with E-state index in [2.05, 4.69) is 20.8 Å². The van der Waals surface area contributed by atoms with Crippen molar-refractivity contribution in [2.45, 2.75) is 10.6 Å². The molecule has 4 rings (SSSR count). The lowest BCUT2D eigenvalue weighted by atomic mass is 10.2. The zero-order valence-electron chi connectivity index (χ0n) is 16.1. The van der Waals surface area contributed by atoms with Crippen LogP contribution in [0.4, 0.5) is 11.4 Å². The highest BCUT2D eigenvalue weighted by molar-refractivity contribution is 7.98. The summed E-state index contributed by atoms with van der Waals surface area (Å²) in [7, 11) is 0. The molecule has 0 atom stereocenters. The number of aromatic nitrogens is 4. The molecule has 0 saturated carbocycles. The number of carbonyl (C=O) groups is 1. The van der Waals surface area contributed by atoms with Crippen LogP contribution in [0.25, 0.3) is 5.69 Å². The van der Waals surface area contributed by atoms with E-state index >= 15 is 0 Å². The van der Waals surface area contributed by atoms with Crippen LogP contribution in [-0.4, -0.2) is 31.0 Å². The highest BCUT2D eigenvalue weighted by atomic mass is 32.2. The van der Waals surface area contributed by atoms with Crippen LogP contribution in [0.5, 0.6) is 0 Å². The van der Waals surface area contributed by atoms with E-state index in [1.807, 2.05) is 48.5 Å². The van der Waals surface area contributed by atoms with E-state index in [0.717, 1.165) is 10.6 Å². The maximum atomic E-state index is 12.5. The van der Waals surface area contributed by atoms with Gasteiger partial charge in [-0.1, -0.05) is 30.3 Å². The summed E-state index contributed by atoms with van der Waals surface area (Å²) in [4.78, 5) is 23.8. The number of thioether (sulfide) groups is 1. The minimum absolute atomic E-state index is 0.131. The molecule has 0 fully saturated rings. The molecule has 0 bridgehead atoms. The Morgan fingerprint density at radius 3 is 2.65 bits per heavy atom. The molecule has 4 aromatic rings. The van der Waals surface area contributed by atoms with Crippen LogP contribution in [-0.2, 0) is 5.75 Å². The molecule has 9 nitrogen and oxygen atoms in total. The van der Waals surface area contributed by atoms with Gasteiger partial charge in [0, 0.05) is 28.3 Å². The van der Waals surface area contributed by atoms with Crippen molar-refractivity contribution in [3.8, 4) is 5.69 Å². The first kappa shape index (κ1) is 20.2. The molecule has 154 valence electrons. The fraction of sp³-hybridized carbons (Fsp3) is 0.0476. The van der Waals surface area contributed by atoms with Crippen molar-refractivity contribution in [1.29, 1.82) is 0 Å². The molecule has 0 spiro atoms. The summed E-state index contributed by atoms with van der Waals surface area (Å²) in [6, 6.07) is 22.6. The Kier molecular flexibility index (Phi) is 5.99. The average molecular weight is 432 g/mol. The van der Waals surface area contributed by atoms with Gasteiger partial charge in [-0.3, -0.25) is 14.9 Å². The predicted octanol–water partition coefficient (Wildman–Crippen LogP) is 4.12. The van der Waals surface area contributed by atoms with Gasteiger partial charge in [0.05, 0.1) is 16.4 Å². The van der Waals surface area contributed by atoms with E-state index in [0.29, 0.717) is 17.3 Å². The third kappa shape index (κ3) is 4.93. The zero-order chi connectivity index (χ0) is 21.6. The molecule has 1 N–H and O–H groups in total. The molecule has 1 amide bonds. The lowest BCUT2D eigenvalue weighted by Gasteiger charge is -2.08. The fourth-order valence-corrected chi connectivity index (χ4v) is 3.70. The third-order valence-electron chi connectivity index (χ3n) is 4.31. The van der Waals surface area contributed by atoms with Crippen molar-refractivity contribution in [3.05, 3.63) is 100 Å². The number of nitro groups is 1. The fourth-order valence-electron chi connectivity index (χ4n) is 2.84. The first-order valence-electron chi connectivity index (χ1n) is 9.21. The number of nitro benzene ring substituents is 1. The molecule has 1 aromatic heterocycles. The maximum absolute atomic E-state index is 12.5. The van der Waals surface area contributed by atoms with E-state index in [1.54, 1.807) is 10.7 Å². The number of benzene rings is 3. The summed E-state index contributed by atoms with van der Waals surface area (Å²) in [5.74, 6) is 0.811. The number of rotatable bonds is 7. The summed E-state index contributed by atoms with van der Waals surface area (Å²) in [5, 5.41) is 25.6. The molecule has 0 aliphatic rings. The topological polar surface area (TPSA) is 116 Å². The first-order valence-corrected chi connectivity index (χ1v) is 10.2. The second-order valence-electron chi connectivity index (χ2n) is 6.42. The maximum Gasteiger partial charge on any atom is 0.270 e. The number of hydrogen-bond acceptors (Lipinski definition) is 7. The highest BCUT2D eigenvalue weighted by Gasteiger charge is 2.13. The van der Waals surface area contributed by atoms with E-state index in [4.69, 9.17) is 0 Å². The summed E-state index contributed by atoms with van der Waals surface area (Å²) < 4.78 is 1.68. The van der Waals surface area contributed by atoms with E-state index in [9.17, 15) is 14.9 Å². The first-order chi connectivity index (χ1) is 15.1. The normalized spacial score (nSPS) is 10.6. The van der Waals surface area contributed by atoms with Crippen LogP contribution < -0.4 is 5.32 Å². The number of para-hydroxylation sites is 1. The number of non-ortho nitro benzene ring substituents is 1. The average Bonchev–Trinajstić information content (AvgIpc) is 3.27. The minimum atomic E-state index is -0.531. The Hall–Kier alpha value is -4.05. The van der Waals surface area contributed by atoms with Crippen LogP contribution in [0.1, 0.15) is 16.2 Å². The summed E-state index contributed by atoms with van der Waals surface area (Å²) >= 11 is 1.53. The summed E-state index contributed by atoms with van der Waals surface area (Å²) in [5.41, 5.74) is 1.55. The van der Waals surface area contributed by atoms with E-state index < -0.39 is 10.8 Å². The van der Waals surface area contributed by atoms with Gasteiger partial charge in [-0.15, -0.1) is 16.9 Å². The number of tetrazole rings is 1. The van der Waals surface area contributed by atoms with Gasteiger partial charge in [0.25, 0.3) is 11.6 Å². The van der Waals surface area contributed by atoms with Gasteiger partial charge in [-0.2, -0.15) is 4.68 Å². The third-order valence-corrected chi connectivity index (χ3v) is 5.30. The molecular formula is C21H16N6O3S. The van der Waals surface area contributed by atoms with Crippen molar-refractivity contribution in [3.63, 3.8) is 0 Å². The number of anilines is 1. The molecule has 31 heavy (non-hydrogen) atoms. The Balaban J connectivity index is 1.44. The van der Waals surface area contributed by atoms with Gasteiger partial charge in [0.15, 0.2) is 5.82 Å². The number of hydrogen-bond donors (Lipinski definition) is 1. The minimum Gasteiger partial charge on any atom is -0.322 e. The smallest absolute Gasteiger partial charge is 0.270 e. The molecule has 3 aromatic carbocycles. The Labute approximate surface area is 181 Å². The van der Waals surface area contributed by atoms with Crippen LogP contribution in [0, 0.1) is 10.1 Å². The van der Waals surface area contributed by atoms with Crippen LogP contribution in [0.3, 0.4) is 0 Å². The molecule has 0 radical (unpaired) electrons. The van der Waals surface area contributed by atoms with Gasteiger partial charge in [-0.25, -0.2) is 0 Å². The largest absolute Gasteiger partial charge is 0.322 e.